The Morgan fingerprint density at radius 2 is 2.25 bits per heavy atom. The Kier molecular flexibility index (Phi) is 4.62. The van der Waals surface area contributed by atoms with Crippen molar-refractivity contribution >= 4 is 17.6 Å². The summed E-state index contributed by atoms with van der Waals surface area (Å²) in [6.07, 6.45) is 0.595. The Labute approximate surface area is 122 Å². The molecule has 1 saturated heterocycles. The van der Waals surface area contributed by atoms with E-state index in [9.17, 15) is 14.3 Å². The molecule has 0 amide bonds. The summed E-state index contributed by atoms with van der Waals surface area (Å²) in [7, 11) is 3.89. The van der Waals surface area contributed by atoms with Crippen molar-refractivity contribution in [2.75, 3.05) is 20.6 Å². The van der Waals surface area contributed by atoms with Crippen LogP contribution in [0.4, 0.5) is 4.39 Å². The van der Waals surface area contributed by atoms with E-state index in [0.717, 1.165) is 5.56 Å². The standard InChI is InChI=1S/C14H18ClFN2O2/c1-17(2)10-6-13(14(19)20)18(8-10)7-9-3-4-12(16)11(15)5-9/h3-5,10,13H,6-8H2,1-2H3,(H,19,20)/t10-,13+/m1/s1. The topological polar surface area (TPSA) is 43.8 Å². The van der Waals surface area contributed by atoms with Crippen molar-refractivity contribution in [2.24, 2.45) is 0 Å². The van der Waals surface area contributed by atoms with Crippen molar-refractivity contribution in [3.63, 3.8) is 0 Å². The van der Waals surface area contributed by atoms with Gasteiger partial charge in [0.05, 0.1) is 5.02 Å². The number of carboxylic acids is 1. The van der Waals surface area contributed by atoms with Crippen LogP contribution in [0, 0.1) is 5.82 Å². The van der Waals surface area contributed by atoms with Crippen molar-refractivity contribution in [1.82, 2.24) is 9.80 Å². The summed E-state index contributed by atoms with van der Waals surface area (Å²) in [4.78, 5) is 15.3. The summed E-state index contributed by atoms with van der Waals surface area (Å²) >= 11 is 5.76. The molecule has 1 aliphatic rings. The van der Waals surface area contributed by atoms with Gasteiger partial charge >= 0.3 is 5.97 Å². The molecule has 0 saturated carbocycles. The van der Waals surface area contributed by atoms with Crippen LogP contribution in [0.1, 0.15) is 12.0 Å². The van der Waals surface area contributed by atoms with Gasteiger partial charge in [-0.2, -0.15) is 0 Å². The van der Waals surface area contributed by atoms with Crippen LogP contribution in [-0.4, -0.2) is 53.6 Å². The predicted octanol–water partition coefficient (Wildman–Crippen LogP) is 2.07. The molecule has 1 N–H and O–H groups in total. The van der Waals surface area contributed by atoms with Gasteiger partial charge in [-0.15, -0.1) is 0 Å². The van der Waals surface area contributed by atoms with Crippen LogP contribution in [0.2, 0.25) is 5.02 Å². The van der Waals surface area contributed by atoms with Gasteiger partial charge in [-0.3, -0.25) is 9.69 Å². The molecule has 110 valence electrons. The van der Waals surface area contributed by atoms with Crippen molar-refractivity contribution in [1.29, 1.82) is 0 Å². The number of likely N-dealkylation sites (N-methyl/N-ethyl adjacent to an activating group) is 1. The van der Waals surface area contributed by atoms with E-state index in [4.69, 9.17) is 11.6 Å². The van der Waals surface area contributed by atoms with Gasteiger partial charge in [0.2, 0.25) is 0 Å². The number of hydrogen-bond donors (Lipinski definition) is 1. The smallest absolute Gasteiger partial charge is 0.320 e. The molecule has 1 aromatic rings. The fraction of sp³-hybridized carbons (Fsp3) is 0.500. The van der Waals surface area contributed by atoms with Crippen molar-refractivity contribution in [2.45, 2.75) is 25.0 Å². The van der Waals surface area contributed by atoms with Crippen LogP contribution < -0.4 is 0 Å². The third-order valence-corrected chi connectivity index (χ3v) is 4.06. The van der Waals surface area contributed by atoms with Crippen LogP contribution >= 0.6 is 11.6 Å². The minimum Gasteiger partial charge on any atom is -0.480 e. The van der Waals surface area contributed by atoms with E-state index in [1.165, 1.54) is 6.07 Å². The van der Waals surface area contributed by atoms with Gasteiger partial charge < -0.3 is 10.0 Å². The predicted molar refractivity (Wildman–Crippen MR) is 75.3 cm³/mol. The number of carbonyl (C=O) groups is 1. The van der Waals surface area contributed by atoms with E-state index in [0.29, 0.717) is 19.5 Å². The summed E-state index contributed by atoms with van der Waals surface area (Å²) in [5.41, 5.74) is 0.821. The number of aliphatic carboxylic acids is 1. The van der Waals surface area contributed by atoms with Gasteiger partial charge in [0.1, 0.15) is 11.9 Å². The first-order valence-electron chi connectivity index (χ1n) is 6.45. The molecule has 1 aromatic carbocycles. The molecule has 1 aliphatic heterocycles. The molecule has 4 nitrogen and oxygen atoms in total. The van der Waals surface area contributed by atoms with Gasteiger partial charge in [0, 0.05) is 19.1 Å². The molecule has 0 spiro atoms. The number of likely N-dealkylation sites (tertiary alicyclic amines) is 1. The summed E-state index contributed by atoms with van der Waals surface area (Å²) in [6.45, 7) is 1.14. The zero-order chi connectivity index (χ0) is 14.9. The Morgan fingerprint density at radius 1 is 1.55 bits per heavy atom. The number of hydrogen-bond acceptors (Lipinski definition) is 3. The summed E-state index contributed by atoms with van der Waals surface area (Å²) in [6, 6.07) is 4.22. The van der Waals surface area contributed by atoms with E-state index < -0.39 is 17.8 Å². The molecule has 6 heteroatoms. The average molecular weight is 301 g/mol. The van der Waals surface area contributed by atoms with Gasteiger partial charge in [0.25, 0.3) is 0 Å². The second-order valence-electron chi connectivity index (χ2n) is 5.39. The largest absolute Gasteiger partial charge is 0.480 e. The maximum Gasteiger partial charge on any atom is 0.320 e. The minimum absolute atomic E-state index is 0.0673. The monoisotopic (exact) mass is 300 g/mol. The second-order valence-corrected chi connectivity index (χ2v) is 5.79. The van der Waals surface area contributed by atoms with E-state index in [1.54, 1.807) is 12.1 Å². The molecule has 0 radical (unpaired) electrons. The van der Waals surface area contributed by atoms with Gasteiger partial charge in [-0.05, 0) is 38.2 Å². The molecular formula is C14H18ClFN2O2. The van der Waals surface area contributed by atoms with Gasteiger partial charge in [-0.1, -0.05) is 17.7 Å². The van der Waals surface area contributed by atoms with E-state index >= 15 is 0 Å². The molecule has 1 fully saturated rings. The van der Waals surface area contributed by atoms with Crippen molar-refractivity contribution in [3.8, 4) is 0 Å². The minimum atomic E-state index is -0.817. The molecule has 2 rings (SSSR count). The number of rotatable bonds is 4. The SMILES string of the molecule is CN(C)[C@@H]1C[C@@H](C(=O)O)N(Cc2ccc(F)c(Cl)c2)C1. The van der Waals surface area contributed by atoms with E-state index in [2.05, 4.69) is 0 Å². The van der Waals surface area contributed by atoms with Crippen molar-refractivity contribution in [3.05, 3.63) is 34.6 Å². The lowest BCUT2D eigenvalue weighted by molar-refractivity contribution is -0.142. The Balaban J connectivity index is 2.13. The molecule has 2 atom stereocenters. The highest BCUT2D eigenvalue weighted by Gasteiger charge is 2.37. The Hall–Kier alpha value is -1.17. The van der Waals surface area contributed by atoms with Crippen LogP contribution in [-0.2, 0) is 11.3 Å². The molecular weight excluding hydrogens is 283 g/mol. The average Bonchev–Trinajstić information content (AvgIpc) is 2.78. The van der Waals surface area contributed by atoms with Gasteiger partial charge in [0.15, 0.2) is 0 Å². The fourth-order valence-electron chi connectivity index (χ4n) is 2.56. The summed E-state index contributed by atoms with van der Waals surface area (Å²) < 4.78 is 13.1. The van der Waals surface area contributed by atoms with Gasteiger partial charge in [-0.25, -0.2) is 4.39 Å². The lowest BCUT2D eigenvalue weighted by Gasteiger charge is -2.22. The number of nitrogens with zero attached hydrogens (tertiary/aromatic N) is 2. The molecule has 0 aliphatic carbocycles. The lowest BCUT2D eigenvalue weighted by atomic mass is 10.1. The van der Waals surface area contributed by atoms with Crippen LogP contribution in [0.15, 0.2) is 18.2 Å². The number of halogens is 2. The van der Waals surface area contributed by atoms with Crippen molar-refractivity contribution < 1.29 is 14.3 Å². The maximum absolute atomic E-state index is 13.1. The van der Waals surface area contributed by atoms with Crippen LogP contribution in [0.3, 0.4) is 0 Å². The molecule has 0 unspecified atom stereocenters. The van der Waals surface area contributed by atoms with E-state index in [-0.39, 0.29) is 11.1 Å². The van der Waals surface area contributed by atoms with E-state index in [1.807, 2.05) is 23.9 Å². The lowest BCUT2D eigenvalue weighted by Crippen LogP contribution is -2.35. The molecule has 20 heavy (non-hydrogen) atoms. The summed E-state index contributed by atoms with van der Waals surface area (Å²) in [5, 5.41) is 9.38. The highest BCUT2D eigenvalue weighted by Crippen LogP contribution is 2.25. The molecule has 1 heterocycles. The van der Waals surface area contributed by atoms with Crippen LogP contribution in [0.25, 0.3) is 0 Å². The Bertz CT molecular complexity index is 510. The second kappa shape index (κ2) is 6.08. The zero-order valence-corrected chi connectivity index (χ0v) is 12.3. The third-order valence-electron chi connectivity index (χ3n) is 3.77. The highest BCUT2D eigenvalue weighted by atomic mass is 35.5. The number of carboxylic acid groups (broad SMARTS) is 1. The molecule has 0 aromatic heterocycles. The highest BCUT2D eigenvalue weighted by molar-refractivity contribution is 6.30. The molecule has 0 bridgehead atoms. The number of benzene rings is 1. The maximum atomic E-state index is 13.1. The zero-order valence-electron chi connectivity index (χ0n) is 11.5. The first kappa shape index (κ1) is 15.2. The van der Waals surface area contributed by atoms with Crippen LogP contribution in [0.5, 0.6) is 0 Å². The fourth-order valence-corrected chi connectivity index (χ4v) is 2.76. The Morgan fingerprint density at radius 3 is 2.80 bits per heavy atom. The first-order valence-corrected chi connectivity index (χ1v) is 6.83. The normalized spacial score (nSPS) is 23.4. The third kappa shape index (κ3) is 3.29. The quantitative estimate of drug-likeness (QED) is 0.924. The summed E-state index contributed by atoms with van der Waals surface area (Å²) in [5.74, 6) is -1.28. The first-order chi connectivity index (χ1) is 9.38.